The molecule has 5 nitrogen and oxygen atoms in total. The van der Waals surface area contributed by atoms with Gasteiger partial charge in [0.1, 0.15) is 5.41 Å². The van der Waals surface area contributed by atoms with Crippen molar-refractivity contribution in [1.82, 2.24) is 10.2 Å². The summed E-state index contributed by atoms with van der Waals surface area (Å²) in [5.41, 5.74) is 0.463. The smallest absolute Gasteiger partial charge is 0.238 e. The van der Waals surface area contributed by atoms with E-state index in [9.17, 15) is 9.59 Å². The number of piperazine rings is 1. The normalized spacial score (nSPS) is 22.6. The maximum Gasteiger partial charge on any atom is 0.238 e. The number of amides is 2. The summed E-state index contributed by atoms with van der Waals surface area (Å²) in [6.07, 6.45) is 3.55. The van der Waals surface area contributed by atoms with Crippen LogP contribution in [0.1, 0.15) is 25.7 Å². The van der Waals surface area contributed by atoms with E-state index in [2.05, 4.69) is 22.3 Å². The first-order chi connectivity index (χ1) is 11.2. The Morgan fingerprint density at radius 1 is 1.00 bits per heavy atom. The lowest BCUT2D eigenvalue weighted by Gasteiger charge is -2.37. The molecule has 0 radical (unpaired) electrons. The van der Waals surface area contributed by atoms with Gasteiger partial charge in [0.05, 0.1) is 0 Å². The number of anilines is 1. The fourth-order valence-electron chi connectivity index (χ4n) is 3.32. The molecule has 1 aromatic carbocycles. The maximum absolute atomic E-state index is 12.8. The number of carbonyl (C=O) groups is 2. The highest BCUT2D eigenvalue weighted by atomic mass is 16.2. The topological polar surface area (TPSA) is 52.7 Å². The lowest BCUT2D eigenvalue weighted by Crippen LogP contribution is -2.53. The van der Waals surface area contributed by atoms with Gasteiger partial charge < -0.3 is 15.1 Å². The Morgan fingerprint density at radius 2 is 1.65 bits per heavy atom. The van der Waals surface area contributed by atoms with Crippen LogP contribution in [0.15, 0.2) is 30.3 Å². The van der Waals surface area contributed by atoms with Gasteiger partial charge in [0.15, 0.2) is 0 Å². The summed E-state index contributed by atoms with van der Waals surface area (Å²) in [4.78, 5) is 29.4. The molecule has 3 fully saturated rings. The molecule has 1 heterocycles. The van der Waals surface area contributed by atoms with Gasteiger partial charge in [-0.3, -0.25) is 9.59 Å². The van der Waals surface area contributed by atoms with Crippen LogP contribution >= 0.6 is 0 Å². The summed E-state index contributed by atoms with van der Waals surface area (Å²) in [6.45, 7) is 3.06. The predicted molar refractivity (Wildman–Crippen MR) is 88.1 cm³/mol. The second-order valence-corrected chi connectivity index (χ2v) is 6.94. The highest BCUT2D eigenvalue weighted by Crippen LogP contribution is 2.48. The van der Waals surface area contributed by atoms with Crippen LogP contribution in [0.4, 0.5) is 5.69 Å². The van der Waals surface area contributed by atoms with Gasteiger partial charge in [-0.05, 0) is 37.8 Å². The molecule has 2 aliphatic carbocycles. The van der Waals surface area contributed by atoms with Crippen molar-refractivity contribution in [3.05, 3.63) is 30.3 Å². The van der Waals surface area contributed by atoms with Gasteiger partial charge in [-0.25, -0.2) is 0 Å². The number of para-hydroxylation sites is 1. The van der Waals surface area contributed by atoms with E-state index in [1.54, 1.807) is 0 Å². The van der Waals surface area contributed by atoms with Crippen molar-refractivity contribution in [1.29, 1.82) is 0 Å². The van der Waals surface area contributed by atoms with E-state index in [4.69, 9.17) is 0 Å². The molecular weight excluding hydrogens is 290 g/mol. The molecule has 0 spiro atoms. The molecule has 0 atom stereocenters. The summed E-state index contributed by atoms with van der Waals surface area (Å²) in [5, 5.41) is 3.01. The van der Waals surface area contributed by atoms with Gasteiger partial charge in [-0.1, -0.05) is 18.2 Å². The van der Waals surface area contributed by atoms with Crippen LogP contribution in [0.3, 0.4) is 0 Å². The van der Waals surface area contributed by atoms with E-state index < -0.39 is 5.41 Å². The number of nitrogens with zero attached hydrogens (tertiary/aromatic N) is 2. The Hall–Kier alpha value is -2.04. The molecule has 122 valence electrons. The Labute approximate surface area is 136 Å². The van der Waals surface area contributed by atoms with E-state index in [-0.39, 0.29) is 11.8 Å². The first-order valence-corrected chi connectivity index (χ1v) is 8.59. The van der Waals surface area contributed by atoms with E-state index in [0.717, 1.165) is 25.9 Å². The lowest BCUT2D eigenvalue weighted by atomic mass is 10.0. The quantitative estimate of drug-likeness (QED) is 0.855. The fraction of sp³-hybridized carbons (Fsp3) is 0.556. The Morgan fingerprint density at radius 3 is 2.22 bits per heavy atom. The number of benzene rings is 1. The Bertz CT molecular complexity index is 600. The van der Waals surface area contributed by atoms with Gasteiger partial charge in [-0.15, -0.1) is 0 Å². The van der Waals surface area contributed by atoms with Crippen LogP contribution in [0.2, 0.25) is 0 Å². The molecule has 0 bridgehead atoms. The summed E-state index contributed by atoms with van der Waals surface area (Å²) in [5.74, 6) is 0.0128. The molecule has 0 aromatic heterocycles. The van der Waals surface area contributed by atoms with Gasteiger partial charge in [0, 0.05) is 37.9 Å². The maximum atomic E-state index is 12.8. The summed E-state index contributed by atoms with van der Waals surface area (Å²) < 4.78 is 0. The molecule has 5 heteroatoms. The first-order valence-electron chi connectivity index (χ1n) is 8.59. The van der Waals surface area contributed by atoms with E-state index in [1.165, 1.54) is 5.69 Å². The average molecular weight is 313 g/mol. The van der Waals surface area contributed by atoms with Crippen LogP contribution in [-0.4, -0.2) is 48.9 Å². The second kappa shape index (κ2) is 5.55. The van der Waals surface area contributed by atoms with Crippen LogP contribution in [0.5, 0.6) is 0 Å². The molecule has 1 aromatic rings. The van der Waals surface area contributed by atoms with Crippen molar-refractivity contribution in [2.24, 2.45) is 5.41 Å². The largest absolute Gasteiger partial charge is 0.368 e. The van der Waals surface area contributed by atoms with Crippen LogP contribution in [0.25, 0.3) is 0 Å². The first kappa shape index (κ1) is 14.5. The number of hydrogen-bond donors (Lipinski definition) is 1. The SMILES string of the molecule is O=C(NC1CC1)C1(C(=O)N2CCN(c3ccccc3)CC2)CC1. The van der Waals surface area contributed by atoms with Crippen molar-refractivity contribution in [2.75, 3.05) is 31.1 Å². The van der Waals surface area contributed by atoms with Crippen molar-refractivity contribution in [3.63, 3.8) is 0 Å². The van der Waals surface area contributed by atoms with Crippen LogP contribution < -0.4 is 10.2 Å². The molecule has 1 N–H and O–H groups in total. The minimum atomic E-state index is -0.739. The van der Waals surface area contributed by atoms with Crippen molar-refractivity contribution in [3.8, 4) is 0 Å². The number of nitrogens with one attached hydrogen (secondary N) is 1. The zero-order valence-electron chi connectivity index (χ0n) is 13.3. The molecule has 2 amide bonds. The van der Waals surface area contributed by atoms with Crippen molar-refractivity contribution >= 4 is 17.5 Å². The summed E-state index contributed by atoms with van der Waals surface area (Å²) >= 11 is 0. The Balaban J connectivity index is 1.36. The molecular formula is C18H23N3O2. The zero-order chi connectivity index (χ0) is 15.9. The third-order valence-corrected chi connectivity index (χ3v) is 5.19. The Kier molecular flexibility index (Phi) is 3.51. The van der Waals surface area contributed by atoms with E-state index >= 15 is 0 Å². The highest BCUT2D eigenvalue weighted by molar-refractivity contribution is 6.08. The molecule has 2 saturated carbocycles. The summed E-state index contributed by atoms with van der Waals surface area (Å²) in [6, 6.07) is 10.6. The van der Waals surface area contributed by atoms with E-state index in [1.807, 2.05) is 23.1 Å². The predicted octanol–water partition coefficient (Wildman–Crippen LogP) is 1.39. The zero-order valence-corrected chi connectivity index (χ0v) is 13.3. The van der Waals surface area contributed by atoms with Gasteiger partial charge in [0.2, 0.25) is 11.8 Å². The lowest BCUT2D eigenvalue weighted by molar-refractivity contribution is -0.144. The third kappa shape index (κ3) is 2.80. The molecule has 23 heavy (non-hydrogen) atoms. The minimum absolute atomic E-state index is 0.0320. The summed E-state index contributed by atoms with van der Waals surface area (Å²) in [7, 11) is 0. The molecule has 1 aliphatic heterocycles. The van der Waals surface area contributed by atoms with Gasteiger partial charge >= 0.3 is 0 Å². The fourth-order valence-corrected chi connectivity index (χ4v) is 3.32. The average Bonchev–Trinajstić information content (AvgIpc) is 3.49. The number of rotatable bonds is 4. The molecule has 3 aliphatic rings. The third-order valence-electron chi connectivity index (χ3n) is 5.19. The number of carbonyl (C=O) groups excluding carboxylic acids is 2. The standard InChI is InChI=1S/C18H23N3O2/c22-16(19-14-6-7-14)18(8-9-18)17(23)21-12-10-20(11-13-21)15-4-2-1-3-5-15/h1-5,14H,6-13H2,(H,19,22). The minimum Gasteiger partial charge on any atom is -0.368 e. The second-order valence-electron chi connectivity index (χ2n) is 6.94. The monoisotopic (exact) mass is 313 g/mol. The molecule has 0 unspecified atom stereocenters. The highest BCUT2D eigenvalue weighted by Gasteiger charge is 2.58. The van der Waals surface area contributed by atoms with Gasteiger partial charge in [0.25, 0.3) is 0 Å². The van der Waals surface area contributed by atoms with Crippen LogP contribution in [0, 0.1) is 5.41 Å². The van der Waals surface area contributed by atoms with Crippen molar-refractivity contribution in [2.45, 2.75) is 31.7 Å². The molecule has 1 saturated heterocycles. The van der Waals surface area contributed by atoms with E-state index in [0.29, 0.717) is 32.0 Å². The van der Waals surface area contributed by atoms with Crippen LogP contribution in [-0.2, 0) is 9.59 Å². The van der Waals surface area contributed by atoms with Gasteiger partial charge in [-0.2, -0.15) is 0 Å². The molecule has 4 rings (SSSR count). The number of hydrogen-bond acceptors (Lipinski definition) is 3. The van der Waals surface area contributed by atoms with Crippen molar-refractivity contribution < 1.29 is 9.59 Å².